The summed E-state index contributed by atoms with van der Waals surface area (Å²) in [5, 5.41) is 22.1. The molecule has 5 heterocycles. The van der Waals surface area contributed by atoms with Crippen LogP contribution in [-0.4, -0.2) is 67.3 Å². The van der Waals surface area contributed by atoms with Crippen LogP contribution in [0.4, 0.5) is 13.2 Å². The second-order valence-corrected chi connectivity index (χ2v) is 12.8. The number of fused-ring (bicyclic) bond motifs is 1. The molecule has 1 saturated heterocycles. The maximum atomic E-state index is 13.0. The molecule has 1 aliphatic rings. The number of hydrogen-bond donors (Lipinski definition) is 0. The summed E-state index contributed by atoms with van der Waals surface area (Å²) in [6, 6.07) is 10.9. The molecule has 5 aromatic rings. The Morgan fingerprint density at radius 1 is 1.09 bits per heavy atom. The van der Waals surface area contributed by atoms with Gasteiger partial charge in [-0.3, -0.25) is 9.48 Å². The number of aryl methyl sites for hydroxylation is 1. The normalized spacial score (nSPS) is 15.2. The van der Waals surface area contributed by atoms with Gasteiger partial charge in [0.15, 0.2) is 11.4 Å². The van der Waals surface area contributed by atoms with Gasteiger partial charge in [0.25, 0.3) is 0 Å². The highest BCUT2D eigenvalue weighted by Crippen LogP contribution is 2.37. The highest BCUT2D eigenvalue weighted by molar-refractivity contribution is 7.89. The third-order valence-electron chi connectivity index (χ3n) is 7.75. The number of alkyl halides is 3. The summed E-state index contributed by atoms with van der Waals surface area (Å²) < 4.78 is 73.0. The number of carbonyl (C=O) groups is 1. The van der Waals surface area contributed by atoms with E-state index >= 15 is 0 Å². The molecule has 232 valence electrons. The van der Waals surface area contributed by atoms with Crippen LogP contribution in [0.2, 0.25) is 0 Å². The summed E-state index contributed by atoms with van der Waals surface area (Å²) in [6.45, 7) is 1.60. The van der Waals surface area contributed by atoms with Crippen molar-refractivity contribution in [2.45, 2.75) is 49.2 Å². The zero-order valence-electron chi connectivity index (χ0n) is 23.8. The van der Waals surface area contributed by atoms with E-state index in [9.17, 15) is 31.6 Å². The molecular weight excluding hydrogens is 613 g/mol. The number of hydrogen-bond acceptors (Lipinski definition) is 9. The SMILES string of the molecule is Cc1oncc1S(=O)(=O)N1CC(CC#N)(n2cc(-c3cnn4c(-c5cccc(CC(=O)CCC(F)(F)F)c5)cnc4c3)cn2)C1. The van der Waals surface area contributed by atoms with Crippen molar-refractivity contribution in [2.24, 2.45) is 0 Å². The predicted octanol–water partition coefficient (Wildman–Crippen LogP) is 4.32. The molecule has 0 amide bonds. The lowest BCUT2D eigenvalue weighted by Gasteiger charge is -2.47. The Bertz CT molecular complexity index is 2050. The van der Waals surface area contributed by atoms with E-state index < -0.39 is 40.4 Å². The topological polar surface area (TPSA) is 152 Å². The second kappa shape index (κ2) is 11.2. The minimum Gasteiger partial charge on any atom is -0.360 e. The van der Waals surface area contributed by atoms with Gasteiger partial charge in [0.2, 0.25) is 10.0 Å². The summed E-state index contributed by atoms with van der Waals surface area (Å²) in [4.78, 5) is 16.5. The number of halogens is 3. The molecular formula is C29H25F3N8O4S. The van der Waals surface area contributed by atoms with Crippen LogP contribution < -0.4 is 0 Å². The molecule has 6 rings (SSSR count). The van der Waals surface area contributed by atoms with E-state index in [4.69, 9.17) is 4.52 Å². The van der Waals surface area contributed by atoms with E-state index in [1.165, 1.54) is 11.2 Å². The summed E-state index contributed by atoms with van der Waals surface area (Å²) >= 11 is 0. The number of benzene rings is 1. The standard InChI is InChI=1S/C29H25F3N8O4S/c1-19-26(15-37-44-19)45(42,43)38-17-28(18-38,7-8-33)39-16-23(13-35-39)22-11-27-34-14-25(40(27)36-12-22)21-4-2-3-20(9-21)10-24(41)5-6-29(30,31)32/h2-4,9,11-16H,5-7,10,17-18H2,1H3. The van der Waals surface area contributed by atoms with Gasteiger partial charge in [-0.05, 0) is 24.6 Å². The van der Waals surface area contributed by atoms with Crippen molar-refractivity contribution < 1.29 is 30.9 Å². The Labute approximate surface area is 254 Å². The Morgan fingerprint density at radius 3 is 2.58 bits per heavy atom. The maximum absolute atomic E-state index is 13.0. The number of nitriles is 1. The van der Waals surface area contributed by atoms with Gasteiger partial charge in [0.1, 0.15) is 16.2 Å². The van der Waals surface area contributed by atoms with Gasteiger partial charge >= 0.3 is 6.18 Å². The highest BCUT2D eigenvalue weighted by Gasteiger charge is 2.51. The van der Waals surface area contributed by atoms with Crippen molar-refractivity contribution in [2.75, 3.05) is 13.1 Å². The second-order valence-electron chi connectivity index (χ2n) is 10.9. The first-order chi connectivity index (χ1) is 21.4. The molecule has 0 spiro atoms. The number of carbonyl (C=O) groups excluding carboxylic acids is 1. The van der Waals surface area contributed by atoms with E-state index in [-0.39, 0.29) is 36.6 Å². The summed E-state index contributed by atoms with van der Waals surface area (Å²) in [5.74, 6) is -0.314. The van der Waals surface area contributed by atoms with Gasteiger partial charge in [-0.1, -0.05) is 23.4 Å². The van der Waals surface area contributed by atoms with Crippen molar-refractivity contribution in [3.05, 3.63) is 72.6 Å². The first-order valence-corrected chi connectivity index (χ1v) is 15.2. The van der Waals surface area contributed by atoms with Crippen LogP contribution in [0.3, 0.4) is 0 Å². The van der Waals surface area contributed by atoms with Crippen LogP contribution in [0.5, 0.6) is 0 Å². The van der Waals surface area contributed by atoms with Gasteiger partial charge in [-0.2, -0.15) is 32.9 Å². The molecule has 12 nitrogen and oxygen atoms in total. The lowest BCUT2D eigenvalue weighted by atomic mass is 9.89. The van der Waals surface area contributed by atoms with Gasteiger partial charge in [-0.15, -0.1) is 0 Å². The van der Waals surface area contributed by atoms with Gasteiger partial charge < -0.3 is 4.52 Å². The van der Waals surface area contributed by atoms with Crippen molar-refractivity contribution in [1.82, 2.24) is 33.8 Å². The average molecular weight is 639 g/mol. The third-order valence-corrected chi connectivity index (χ3v) is 9.64. The molecule has 0 aliphatic carbocycles. The van der Waals surface area contributed by atoms with E-state index in [0.717, 1.165) is 6.20 Å². The number of sulfonamides is 1. The lowest BCUT2D eigenvalue weighted by molar-refractivity contribution is -0.143. The molecule has 0 bridgehead atoms. The van der Waals surface area contributed by atoms with Crippen molar-refractivity contribution in [3.63, 3.8) is 0 Å². The molecule has 16 heteroatoms. The predicted molar refractivity (Wildman–Crippen MR) is 152 cm³/mol. The number of Topliss-reactive ketones (excluding diaryl/α,β-unsaturated/α-hetero) is 1. The van der Waals surface area contributed by atoms with E-state index in [1.54, 1.807) is 64.3 Å². The summed E-state index contributed by atoms with van der Waals surface area (Å²) in [7, 11) is -3.85. The molecule has 0 N–H and O–H groups in total. The highest BCUT2D eigenvalue weighted by atomic mass is 32.2. The zero-order valence-corrected chi connectivity index (χ0v) is 24.6. The van der Waals surface area contributed by atoms with Crippen LogP contribution >= 0.6 is 0 Å². The van der Waals surface area contributed by atoms with Gasteiger partial charge in [-0.25, -0.2) is 17.9 Å². The first kappa shape index (κ1) is 30.2. The summed E-state index contributed by atoms with van der Waals surface area (Å²) in [6.07, 6.45) is 1.57. The van der Waals surface area contributed by atoms with Gasteiger partial charge in [0, 0.05) is 48.8 Å². The molecule has 1 aliphatic heterocycles. The van der Waals surface area contributed by atoms with Crippen LogP contribution in [0.1, 0.15) is 30.6 Å². The van der Waals surface area contributed by atoms with E-state index in [0.29, 0.717) is 33.6 Å². The Balaban J connectivity index is 1.20. The lowest BCUT2D eigenvalue weighted by Crippen LogP contribution is -2.64. The van der Waals surface area contributed by atoms with Crippen molar-refractivity contribution in [3.8, 4) is 28.5 Å². The minimum atomic E-state index is -4.38. The van der Waals surface area contributed by atoms with Gasteiger partial charge in [0.05, 0.1) is 49.4 Å². The smallest absolute Gasteiger partial charge is 0.360 e. The largest absolute Gasteiger partial charge is 0.389 e. The number of imidazole rings is 1. The van der Waals surface area contributed by atoms with Crippen LogP contribution in [0.15, 0.2) is 70.7 Å². The molecule has 4 aromatic heterocycles. The fraction of sp³-hybridized carbons (Fsp3) is 0.310. The number of nitrogens with zero attached hydrogens (tertiary/aromatic N) is 8. The van der Waals surface area contributed by atoms with E-state index in [1.807, 2.05) is 0 Å². The first-order valence-electron chi connectivity index (χ1n) is 13.7. The fourth-order valence-electron chi connectivity index (χ4n) is 5.34. The molecule has 0 radical (unpaired) electrons. The maximum Gasteiger partial charge on any atom is 0.389 e. The third kappa shape index (κ3) is 5.83. The Kier molecular flexibility index (Phi) is 7.53. The monoisotopic (exact) mass is 638 g/mol. The van der Waals surface area contributed by atoms with Crippen molar-refractivity contribution in [1.29, 1.82) is 5.26 Å². The molecule has 0 unspecified atom stereocenters. The molecule has 45 heavy (non-hydrogen) atoms. The van der Waals surface area contributed by atoms with E-state index in [2.05, 4.69) is 26.4 Å². The quantitative estimate of drug-likeness (QED) is 0.218. The molecule has 0 saturated carbocycles. The molecule has 1 aromatic carbocycles. The number of ketones is 1. The molecule has 1 fully saturated rings. The minimum absolute atomic E-state index is 0.0196. The number of aromatic nitrogens is 6. The fourth-order valence-corrected chi connectivity index (χ4v) is 7.02. The Hall–Kier alpha value is -4.88. The van der Waals surface area contributed by atoms with Crippen LogP contribution in [0, 0.1) is 18.3 Å². The average Bonchev–Trinajstić information content (AvgIpc) is 3.73. The Morgan fingerprint density at radius 2 is 1.87 bits per heavy atom. The van der Waals surface area contributed by atoms with Crippen LogP contribution in [0.25, 0.3) is 28.0 Å². The zero-order chi connectivity index (χ0) is 32.0. The molecule has 0 atom stereocenters. The number of rotatable bonds is 10. The van der Waals surface area contributed by atoms with Crippen LogP contribution in [-0.2, 0) is 26.8 Å². The summed E-state index contributed by atoms with van der Waals surface area (Å²) in [5.41, 5.74) is 2.93. The van der Waals surface area contributed by atoms with Crippen molar-refractivity contribution >= 4 is 21.5 Å².